The minimum atomic E-state index is -0.698. The quantitative estimate of drug-likeness (QED) is 0.205. The molecular formula is C30H41ClN2Ni-2. The molecule has 2 nitrogen and oxygen atoms in total. The van der Waals surface area contributed by atoms with E-state index in [0.29, 0.717) is 23.7 Å². The number of allylic oxidation sites excluding steroid dienone is 1. The van der Waals surface area contributed by atoms with Gasteiger partial charge in [0.2, 0.25) is 0 Å². The zero-order valence-corrected chi connectivity index (χ0v) is 23.8. The number of hydrogen-bond acceptors (Lipinski definition) is 0. The summed E-state index contributed by atoms with van der Waals surface area (Å²) in [7, 11) is 7.21. The fourth-order valence-corrected chi connectivity index (χ4v) is 6.64. The van der Waals surface area contributed by atoms with Crippen molar-refractivity contribution in [1.29, 1.82) is 0 Å². The predicted octanol–water partition coefficient (Wildman–Crippen LogP) is 9.67. The van der Waals surface area contributed by atoms with Crippen molar-refractivity contribution < 1.29 is 12.1 Å². The first-order valence-corrected chi connectivity index (χ1v) is 14.9. The van der Waals surface area contributed by atoms with Gasteiger partial charge >= 0.3 is 215 Å². The van der Waals surface area contributed by atoms with Crippen molar-refractivity contribution in [1.82, 2.24) is 9.13 Å². The van der Waals surface area contributed by atoms with Crippen LogP contribution < -0.4 is 0 Å². The van der Waals surface area contributed by atoms with Gasteiger partial charge in [-0.05, 0) is 0 Å². The topological polar surface area (TPSA) is 9.86 Å². The van der Waals surface area contributed by atoms with Crippen LogP contribution in [-0.4, -0.2) is 9.13 Å². The number of aromatic nitrogens is 2. The van der Waals surface area contributed by atoms with Crippen LogP contribution in [0.5, 0.6) is 0 Å². The van der Waals surface area contributed by atoms with Gasteiger partial charge in [-0.3, -0.25) is 0 Å². The molecule has 4 heteroatoms. The van der Waals surface area contributed by atoms with Crippen LogP contribution in [0.15, 0.2) is 61.4 Å². The van der Waals surface area contributed by atoms with E-state index in [0.717, 1.165) is 9.79 Å². The Bertz CT molecular complexity index is 1090. The van der Waals surface area contributed by atoms with Crippen LogP contribution in [0.1, 0.15) is 101 Å². The molecule has 2 aromatic carbocycles. The Balaban J connectivity index is 2.53. The summed E-state index contributed by atoms with van der Waals surface area (Å²) in [5.74, 6) is 1.63. The first-order valence-electron chi connectivity index (χ1n) is 12.3. The van der Waals surface area contributed by atoms with E-state index in [1.54, 1.807) is 0 Å². The Hall–Kier alpha value is -1.83. The van der Waals surface area contributed by atoms with Crippen LogP contribution in [0.4, 0.5) is 0 Å². The summed E-state index contributed by atoms with van der Waals surface area (Å²) in [6, 6.07) is 13.5. The molecule has 1 aromatic heterocycles. The molecule has 0 aliphatic rings. The van der Waals surface area contributed by atoms with Crippen LogP contribution in [0.2, 0.25) is 5.39 Å². The third kappa shape index (κ3) is 5.22. The van der Waals surface area contributed by atoms with Gasteiger partial charge in [-0.2, -0.15) is 0 Å². The molecule has 0 amide bonds. The van der Waals surface area contributed by atoms with Crippen molar-refractivity contribution >= 4 is 10.2 Å². The Kier molecular flexibility index (Phi) is 8.88. The summed E-state index contributed by atoms with van der Waals surface area (Å²) >= 11 is -0.698. The van der Waals surface area contributed by atoms with E-state index in [4.69, 9.17) is 10.2 Å². The van der Waals surface area contributed by atoms with Crippen molar-refractivity contribution in [3.63, 3.8) is 0 Å². The summed E-state index contributed by atoms with van der Waals surface area (Å²) in [4.78, 5) is 0. The molecule has 34 heavy (non-hydrogen) atoms. The molecule has 1 heterocycles. The Morgan fingerprint density at radius 1 is 0.706 bits per heavy atom. The molecular weight excluding hydrogens is 482 g/mol. The average Bonchev–Trinajstić information content (AvgIpc) is 3.22. The standard InChI is InChI=1S/C27H36N2.C3H5.ClH.Ni/c1-18(2)22-11-9-12-23(19(3)4)26(22)28-15-16-29(17-28)27-24(20(5)6)13-10-14-25(27)21(7)8;1-3-2;;/h9-16,18-21H,1-8H3;3H,1-2H2;1H;/q;;;-1/p-1. The Morgan fingerprint density at radius 3 is 1.29 bits per heavy atom. The summed E-state index contributed by atoms with van der Waals surface area (Å²) in [5, 5.41) is 0.743. The fraction of sp³-hybridized carbons (Fsp3) is 0.433. The van der Waals surface area contributed by atoms with E-state index >= 15 is 0 Å². The first kappa shape index (κ1) is 26.8. The molecule has 3 rings (SSSR count). The zero-order chi connectivity index (χ0) is 25.2. The van der Waals surface area contributed by atoms with E-state index in [-0.39, 0.29) is 0 Å². The molecule has 0 radical (unpaired) electrons. The molecule has 0 unspecified atom stereocenters. The van der Waals surface area contributed by atoms with Gasteiger partial charge in [-0.1, -0.05) is 0 Å². The Labute approximate surface area is 214 Å². The van der Waals surface area contributed by atoms with E-state index < -0.39 is 12.1 Å². The van der Waals surface area contributed by atoms with Crippen molar-refractivity contribution in [3.8, 4) is 11.4 Å². The van der Waals surface area contributed by atoms with Gasteiger partial charge in [0.15, 0.2) is 0 Å². The van der Waals surface area contributed by atoms with Crippen LogP contribution in [-0.2, 0) is 12.1 Å². The second-order valence-corrected chi connectivity index (χ2v) is 13.0. The third-order valence-corrected chi connectivity index (χ3v) is 8.69. The van der Waals surface area contributed by atoms with E-state index in [9.17, 15) is 0 Å². The van der Waals surface area contributed by atoms with Crippen molar-refractivity contribution in [3.05, 3.63) is 88.1 Å². The average molecular weight is 524 g/mol. The maximum absolute atomic E-state index is 7.21. The molecule has 0 spiro atoms. The van der Waals surface area contributed by atoms with E-state index in [1.165, 1.54) is 33.6 Å². The molecule has 0 fully saturated rings. The van der Waals surface area contributed by atoms with Gasteiger partial charge in [0.05, 0.1) is 0 Å². The number of para-hydroxylation sites is 2. The van der Waals surface area contributed by atoms with Crippen LogP contribution in [0.3, 0.4) is 0 Å². The number of nitrogens with zero attached hydrogens (tertiary/aromatic N) is 2. The molecule has 190 valence electrons. The molecule has 0 saturated heterocycles. The van der Waals surface area contributed by atoms with E-state index in [1.807, 2.05) is 6.08 Å². The van der Waals surface area contributed by atoms with Crippen LogP contribution in [0.25, 0.3) is 11.4 Å². The number of halogens is 1. The van der Waals surface area contributed by atoms with Crippen molar-refractivity contribution in [2.75, 3.05) is 0 Å². The zero-order valence-electron chi connectivity index (χ0n) is 22.0. The fourth-order valence-electron chi connectivity index (χ4n) is 4.57. The second-order valence-electron chi connectivity index (χ2n) is 10.1. The molecule has 0 atom stereocenters. The molecule has 0 saturated carbocycles. The maximum atomic E-state index is 7.21. The molecule has 0 N–H and O–H groups in total. The van der Waals surface area contributed by atoms with Crippen LogP contribution in [0, 0.1) is 4.40 Å². The monoisotopic (exact) mass is 522 g/mol. The number of hydrogen-bond donors (Lipinski definition) is 0. The SMILES string of the molecule is C=C[CH2][Ni-2]([Cl])=[c]1n(-c2c(C(C)C)cccc2C(C)C)ccn1-c1c(C(C)C)cccc1C(C)C. The second kappa shape index (κ2) is 11.3. The van der Waals surface area contributed by atoms with Crippen molar-refractivity contribution in [2.24, 2.45) is 0 Å². The van der Waals surface area contributed by atoms with Crippen molar-refractivity contribution in [2.45, 2.75) is 84.5 Å². The van der Waals surface area contributed by atoms with E-state index in [2.05, 4.69) is 120 Å². The Morgan fingerprint density at radius 2 is 1.03 bits per heavy atom. The molecule has 0 aliphatic carbocycles. The van der Waals surface area contributed by atoms with Crippen LogP contribution >= 0.6 is 10.2 Å². The number of benzene rings is 2. The number of imidazole rings is 1. The van der Waals surface area contributed by atoms with Gasteiger partial charge in [-0.25, -0.2) is 0 Å². The van der Waals surface area contributed by atoms with Gasteiger partial charge in [-0.15, -0.1) is 0 Å². The summed E-state index contributed by atoms with van der Waals surface area (Å²) < 4.78 is 5.88. The normalized spacial score (nSPS) is 12.3. The first-order chi connectivity index (χ1) is 16.1. The number of rotatable bonds is 8. The third-order valence-electron chi connectivity index (χ3n) is 6.26. The summed E-state index contributed by atoms with van der Waals surface area (Å²) in [6.07, 6.45) is 6.39. The minimum absolute atomic E-state index is 0.407. The molecule has 3 aromatic rings. The van der Waals surface area contributed by atoms with Gasteiger partial charge in [0, 0.05) is 0 Å². The summed E-state index contributed by atoms with van der Waals surface area (Å²) in [6.45, 7) is 22.2. The molecule has 0 aliphatic heterocycles. The van der Waals surface area contributed by atoms with Gasteiger partial charge in [0.1, 0.15) is 0 Å². The van der Waals surface area contributed by atoms with Gasteiger partial charge < -0.3 is 0 Å². The summed E-state index contributed by atoms with van der Waals surface area (Å²) in [5.41, 5.74) is 7.97. The van der Waals surface area contributed by atoms with Gasteiger partial charge in [0.25, 0.3) is 0 Å². The predicted molar refractivity (Wildman–Crippen MR) is 146 cm³/mol. The molecule has 0 bridgehead atoms.